The molecule has 1 saturated heterocycles. The Kier molecular flexibility index (Phi) is 2.80. The Morgan fingerprint density at radius 3 is 2.85 bits per heavy atom. The Hall–Kier alpha value is -0.610. The van der Waals surface area contributed by atoms with Crippen molar-refractivity contribution in [3.8, 4) is 0 Å². The molecule has 74 valence electrons. The number of aliphatic imine (C=N–C) groups is 1. The summed E-state index contributed by atoms with van der Waals surface area (Å²) in [6.45, 7) is 5.21. The van der Waals surface area contributed by atoms with Gasteiger partial charge in [0.15, 0.2) is 0 Å². The van der Waals surface area contributed by atoms with E-state index in [1.807, 2.05) is 0 Å². The van der Waals surface area contributed by atoms with Gasteiger partial charge in [0.1, 0.15) is 5.84 Å². The molecule has 0 unspecified atom stereocenters. The Bertz CT molecular complexity index is 194. The second-order valence-electron chi connectivity index (χ2n) is 3.87. The summed E-state index contributed by atoms with van der Waals surface area (Å²) in [5.41, 5.74) is 5.83. The maximum absolute atomic E-state index is 5.83. The van der Waals surface area contributed by atoms with Crippen molar-refractivity contribution in [1.82, 2.24) is 10.2 Å². The summed E-state index contributed by atoms with van der Waals surface area (Å²) >= 11 is 0. The van der Waals surface area contributed by atoms with Crippen molar-refractivity contribution < 1.29 is 0 Å². The standard InChI is InChI=1S/C9H18N4/c10-8-1-5-13(6-2-8)7-9-11-3-4-12-9/h8H,1-7,10H2,(H,11,12). The number of likely N-dealkylation sites (tertiary alicyclic amines) is 1. The van der Waals surface area contributed by atoms with Crippen molar-refractivity contribution in [3.63, 3.8) is 0 Å². The number of piperidine rings is 1. The molecular weight excluding hydrogens is 164 g/mol. The van der Waals surface area contributed by atoms with Crippen LogP contribution in [0.1, 0.15) is 12.8 Å². The van der Waals surface area contributed by atoms with E-state index in [2.05, 4.69) is 15.2 Å². The van der Waals surface area contributed by atoms with Crippen molar-refractivity contribution >= 4 is 5.84 Å². The summed E-state index contributed by atoms with van der Waals surface area (Å²) in [6.07, 6.45) is 2.26. The predicted molar refractivity (Wildman–Crippen MR) is 54.0 cm³/mol. The fourth-order valence-electron chi connectivity index (χ4n) is 1.88. The van der Waals surface area contributed by atoms with Crippen LogP contribution in [-0.2, 0) is 0 Å². The highest BCUT2D eigenvalue weighted by atomic mass is 15.2. The van der Waals surface area contributed by atoms with Gasteiger partial charge in [-0.2, -0.15) is 0 Å². The molecule has 13 heavy (non-hydrogen) atoms. The van der Waals surface area contributed by atoms with Crippen molar-refractivity contribution in [2.45, 2.75) is 18.9 Å². The predicted octanol–water partition coefficient (Wildman–Crippen LogP) is -0.589. The number of nitrogens with zero attached hydrogens (tertiary/aromatic N) is 2. The van der Waals surface area contributed by atoms with Crippen LogP contribution in [0, 0.1) is 0 Å². The van der Waals surface area contributed by atoms with Crippen molar-refractivity contribution in [3.05, 3.63) is 0 Å². The lowest BCUT2D eigenvalue weighted by Crippen LogP contribution is -2.43. The molecule has 0 atom stereocenters. The molecule has 0 aromatic heterocycles. The first-order valence-corrected chi connectivity index (χ1v) is 5.10. The van der Waals surface area contributed by atoms with E-state index >= 15 is 0 Å². The Labute approximate surface area is 79.2 Å². The van der Waals surface area contributed by atoms with E-state index in [0.717, 1.165) is 51.4 Å². The number of hydrogen-bond donors (Lipinski definition) is 2. The number of nitrogens with one attached hydrogen (secondary N) is 1. The van der Waals surface area contributed by atoms with E-state index in [-0.39, 0.29) is 0 Å². The van der Waals surface area contributed by atoms with E-state index in [9.17, 15) is 0 Å². The van der Waals surface area contributed by atoms with Crippen molar-refractivity contribution in [1.29, 1.82) is 0 Å². The summed E-state index contributed by atoms with van der Waals surface area (Å²) in [5, 5.41) is 3.29. The van der Waals surface area contributed by atoms with E-state index in [1.54, 1.807) is 0 Å². The van der Waals surface area contributed by atoms with Crippen LogP contribution in [0.4, 0.5) is 0 Å². The van der Waals surface area contributed by atoms with Gasteiger partial charge in [-0.1, -0.05) is 0 Å². The average Bonchev–Trinajstić information content (AvgIpc) is 2.62. The zero-order valence-electron chi connectivity index (χ0n) is 8.00. The monoisotopic (exact) mass is 182 g/mol. The maximum atomic E-state index is 5.83. The van der Waals surface area contributed by atoms with Crippen molar-refractivity contribution in [2.75, 3.05) is 32.7 Å². The minimum absolute atomic E-state index is 0.426. The molecule has 2 heterocycles. The molecule has 3 N–H and O–H groups in total. The van der Waals surface area contributed by atoms with Gasteiger partial charge in [-0.05, 0) is 12.8 Å². The number of rotatable bonds is 2. The van der Waals surface area contributed by atoms with Crippen LogP contribution in [0.2, 0.25) is 0 Å². The number of nitrogens with two attached hydrogens (primary N) is 1. The van der Waals surface area contributed by atoms with Gasteiger partial charge in [-0.3, -0.25) is 9.89 Å². The molecule has 0 amide bonds. The molecular formula is C9H18N4. The minimum Gasteiger partial charge on any atom is -0.371 e. The Morgan fingerprint density at radius 1 is 1.46 bits per heavy atom. The SMILES string of the molecule is NC1CCN(CC2=NCCN2)CC1. The zero-order valence-corrected chi connectivity index (χ0v) is 8.00. The quantitative estimate of drug-likeness (QED) is 0.600. The normalized spacial score (nSPS) is 25.8. The third kappa shape index (κ3) is 2.42. The van der Waals surface area contributed by atoms with Crippen molar-refractivity contribution in [2.24, 2.45) is 10.7 Å². The molecule has 0 radical (unpaired) electrons. The van der Waals surface area contributed by atoms with Gasteiger partial charge in [-0.15, -0.1) is 0 Å². The second-order valence-corrected chi connectivity index (χ2v) is 3.87. The maximum Gasteiger partial charge on any atom is 0.111 e. The molecule has 0 aliphatic carbocycles. The van der Waals surface area contributed by atoms with Gasteiger partial charge in [0.2, 0.25) is 0 Å². The average molecular weight is 182 g/mol. The third-order valence-electron chi connectivity index (χ3n) is 2.75. The van der Waals surface area contributed by atoms with E-state index < -0.39 is 0 Å². The summed E-state index contributed by atoms with van der Waals surface area (Å²) in [6, 6.07) is 0.426. The highest BCUT2D eigenvalue weighted by molar-refractivity contribution is 5.85. The zero-order chi connectivity index (χ0) is 9.10. The lowest BCUT2D eigenvalue weighted by atomic mass is 10.1. The molecule has 2 aliphatic rings. The summed E-state index contributed by atoms with van der Waals surface area (Å²) < 4.78 is 0. The summed E-state index contributed by atoms with van der Waals surface area (Å²) in [4.78, 5) is 6.81. The van der Waals surface area contributed by atoms with E-state index in [4.69, 9.17) is 5.73 Å². The fraction of sp³-hybridized carbons (Fsp3) is 0.889. The lowest BCUT2D eigenvalue weighted by molar-refractivity contribution is 0.238. The first kappa shape index (κ1) is 8.97. The fourth-order valence-corrected chi connectivity index (χ4v) is 1.88. The lowest BCUT2D eigenvalue weighted by Gasteiger charge is -2.29. The topological polar surface area (TPSA) is 53.6 Å². The van der Waals surface area contributed by atoms with Gasteiger partial charge >= 0.3 is 0 Å². The highest BCUT2D eigenvalue weighted by Crippen LogP contribution is 2.07. The van der Waals surface area contributed by atoms with Gasteiger partial charge in [0.25, 0.3) is 0 Å². The molecule has 0 spiro atoms. The molecule has 0 aromatic rings. The Balaban J connectivity index is 1.75. The summed E-state index contributed by atoms with van der Waals surface area (Å²) in [7, 11) is 0. The second kappa shape index (κ2) is 4.07. The van der Waals surface area contributed by atoms with Gasteiger partial charge in [0, 0.05) is 25.7 Å². The van der Waals surface area contributed by atoms with Crippen LogP contribution in [-0.4, -0.2) is 49.5 Å². The largest absolute Gasteiger partial charge is 0.371 e. The molecule has 2 rings (SSSR count). The van der Waals surface area contributed by atoms with E-state index in [1.165, 1.54) is 0 Å². The molecule has 0 saturated carbocycles. The summed E-state index contributed by atoms with van der Waals surface area (Å²) in [5.74, 6) is 1.16. The molecule has 0 aromatic carbocycles. The molecule has 4 heteroatoms. The molecule has 4 nitrogen and oxygen atoms in total. The molecule has 1 fully saturated rings. The molecule has 2 aliphatic heterocycles. The van der Waals surface area contributed by atoms with Gasteiger partial charge in [0.05, 0.1) is 13.1 Å². The Morgan fingerprint density at radius 2 is 2.23 bits per heavy atom. The van der Waals surface area contributed by atoms with Crippen LogP contribution in [0.3, 0.4) is 0 Å². The number of hydrogen-bond acceptors (Lipinski definition) is 4. The van der Waals surface area contributed by atoms with E-state index in [0.29, 0.717) is 6.04 Å². The minimum atomic E-state index is 0.426. The van der Waals surface area contributed by atoms with Gasteiger partial charge < -0.3 is 11.1 Å². The first-order valence-electron chi connectivity index (χ1n) is 5.10. The van der Waals surface area contributed by atoms with Crippen LogP contribution in [0.15, 0.2) is 4.99 Å². The van der Waals surface area contributed by atoms with Crippen LogP contribution in [0.25, 0.3) is 0 Å². The van der Waals surface area contributed by atoms with Crippen LogP contribution >= 0.6 is 0 Å². The van der Waals surface area contributed by atoms with Crippen LogP contribution < -0.4 is 11.1 Å². The molecule has 0 bridgehead atoms. The first-order chi connectivity index (χ1) is 6.34. The highest BCUT2D eigenvalue weighted by Gasteiger charge is 2.17. The third-order valence-corrected chi connectivity index (χ3v) is 2.75. The number of amidine groups is 1. The van der Waals surface area contributed by atoms with Crippen LogP contribution in [0.5, 0.6) is 0 Å². The van der Waals surface area contributed by atoms with Gasteiger partial charge in [-0.25, -0.2) is 0 Å². The smallest absolute Gasteiger partial charge is 0.111 e.